The molecule has 1 aliphatic rings. The molecule has 0 spiro atoms. The number of nitro benzene ring substituents is 1. The lowest BCUT2D eigenvalue weighted by molar-refractivity contribution is -0.384. The average molecular weight is 384 g/mol. The third-order valence-corrected chi connectivity index (χ3v) is 5.27. The molecule has 146 valence electrons. The molecule has 9 heteroatoms. The van der Waals surface area contributed by atoms with Crippen LogP contribution in [-0.4, -0.2) is 31.3 Å². The van der Waals surface area contributed by atoms with Gasteiger partial charge in [0, 0.05) is 51.1 Å². The summed E-state index contributed by atoms with van der Waals surface area (Å²) in [5.41, 5.74) is 0.705. The molecule has 3 aromatic rings. The summed E-state index contributed by atoms with van der Waals surface area (Å²) < 4.78 is 10.1. The van der Waals surface area contributed by atoms with E-state index in [9.17, 15) is 19.7 Å². The molecule has 9 nitrogen and oxygen atoms in total. The number of nitro groups is 1. The zero-order chi connectivity index (χ0) is 20.0. The van der Waals surface area contributed by atoms with Gasteiger partial charge in [0.1, 0.15) is 0 Å². The van der Waals surface area contributed by atoms with Gasteiger partial charge >= 0.3 is 5.69 Å². The van der Waals surface area contributed by atoms with Gasteiger partial charge in [0.25, 0.3) is 11.2 Å². The van der Waals surface area contributed by atoms with Crippen LogP contribution in [0.1, 0.15) is 12.8 Å². The molecule has 0 saturated carbocycles. The van der Waals surface area contributed by atoms with Gasteiger partial charge < -0.3 is 9.30 Å². The summed E-state index contributed by atoms with van der Waals surface area (Å²) in [6.07, 6.45) is 3.63. The topological polar surface area (TPSA) is 101 Å². The fourth-order valence-electron chi connectivity index (χ4n) is 3.82. The number of benzene rings is 1. The lowest BCUT2D eigenvalue weighted by atomic mass is 10.1. The van der Waals surface area contributed by atoms with Gasteiger partial charge in [-0.3, -0.25) is 24.0 Å². The molecule has 0 amide bonds. The minimum absolute atomic E-state index is 0.000130. The van der Waals surface area contributed by atoms with Gasteiger partial charge in [-0.25, -0.2) is 4.79 Å². The monoisotopic (exact) mass is 384 g/mol. The molecule has 1 aliphatic heterocycles. The third kappa shape index (κ3) is 2.84. The van der Waals surface area contributed by atoms with Crippen molar-refractivity contribution in [3.05, 3.63) is 61.4 Å². The second-order valence-electron chi connectivity index (χ2n) is 7.04. The molecule has 1 saturated heterocycles. The molecule has 1 atom stereocenters. The molecular formula is C19H20N4O5. The molecule has 0 radical (unpaired) electrons. The van der Waals surface area contributed by atoms with Crippen LogP contribution in [0, 0.1) is 10.1 Å². The fourth-order valence-corrected chi connectivity index (χ4v) is 3.82. The van der Waals surface area contributed by atoms with Crippen LogP contribution in [0.4, 0.5) is 5.69 Å². The molecule has 0 bridgehead atoms. The molecular weight excluding hydrogens is 364 g/mol. The first-order valence-electron chi connectivity index (χ1n) is 9.03. The third-order valence-electron chi connectivity index (χ3n) is 5.27. The number of hydrogen-bond donors (Lipinski definition) is 0. The first-order valence-corrected chi connectivity index (χ1v) is 9.03. The summed E-state index contributed by atoms with van der Waals surface area (Å²) in [7, 11) is 3.04. The first-order chi connectivity index (χ1) is 13.4. The van der Waals surface area contributed by atoms with Crippen LogP contribution in [0.25, 0.3) is 22.2 Å². The van der Waals surface area contributed by atoms with Crippen LogP contribution in [-0.2, 0) is 25.4 Å². The van der Waals surface area contributed by atoms with Crippen molar-refractivity contribution in [2.45, 2.75) is 25.5 Å². The summed E-state index contributed by atoms with van der Waals surface area (Å²) in [5, 5.41) is 11.6. The number of hydrogen-bond acceptors (Lipinski definition) is 5. The summed E-state index contributed by atoms with van der Waals surface area (Å²) in [5.74, 6) is 0. The second-order valence-corrected chi connectivity index (χ2v) is 7.04. The largest absolute Gasteiger partial charge is 0.376 e. The maximum Gasteiger partial charge on any atom is 0.330 e. The highest BCUT2D eigenvalue weighted by Crippen LogP contribution is 2.31. The van der Waals surface area contributed by atoms with Gasteiger partial charge in [-0.1, -0.05) is 12.1 Å². The number of rotatable bonds is 4. The SMILES string of the molecule is Cn1c(=O)c2c(-c3cccc([N+](=O)[O-])c3)n(CC3CCCO3)cc2n(C)c1=O. The predicted molar refractivity (Wildman–Crippen MR) is 103 cm³/mol. The van der Waals surface area contributed by atoms with E-state index in [-0.39, 0.29) is 11.8 Å². The number of ether oxygens (including phenoxy) is 1. The van der Waals surface area contributed by atoms with Gasteiger partial charge in [0.2, 0.25) is 0 Å². The highest BCUT2D eigenvalue weighted by molar-refractivity contribution is 5.94. The molecule has 3 heterocycles. The summed E-state index contributed by atoms with van der Waals surface area (Å²) in [4.78, 5) is 36.1. The lowest BCUT2D eigenvalue weighted by Crippen LogP contribution is -2.36. The van der Waals surface area contributed by atoms with Gasteiger partial charge in [0.05, 0.1) is 27.6 Å². The van der Waals surface area contributed by atoms with Crippen molar-refractivity contribution in [3.8, 4) is 11.3 Å². The zero-order valence-corrected chi connectivity index (χ0v) is 15.6. The molecule has 0 N–H and O–H groups in total. The van der Waals surface area contributed by atoms with Crippen molar-refractivity contribution in [2.24, 2.45) is 14.1 Å². The Labute approximate surface area is 159 Å². The molecule has 28 heavy (non-hydrogen) atoms. The molecule has 0 aliphatic carbocycles. The Kier molecular flexibility index (Phi) is 4.38. The number of aromatic nitrogens is 3. The summed E-state index contributed by atoms with van der Waals surface area (Å²) in [6, 6.07) is 6.19. The van der Waals surface area contributed by atoms with Crippen molar-refractivity contribution < 1.29 is 9.66 Å². The Bertz CT molecular complexity index is 1200. The number of non-ortho nitro benzene ring substituents is 1. The van der Waals surface area contributed by atoms with E-state index in [1.54, 1.807) is 25.4 Å². The van der Waals surface area contributed by atoms with E-state index in [0.29, 0.717) is 35.3 Å². The normalized spacial score (nSPS) is 16.7. The van der Waals surface area contributed by atoms with E-state index in [1.165, 1.54) is 23.7 Å². The quantitative estimate of drug-likeness (QED) is 0.504. The molecule has 4 rings (SSSR count). The minimum Gasteiger partial charge on any atom is -0.376 e. The van der Waals surface area contributed by atoms with Gasteiger partial charge in [0.15, 0.2) is 0 Å². The standard InChI is InChI=1S/C19H20N4O5/c1-20-15-11-22(10-14-7-4-8-28-14)17(16(15)18(24)21(2)19(20)25)12-5-3-6-13(9-12)23(26)27/h3,5-6,9,11,14H,4,7-8,10H2,1-2H3. The van der Waals surface area contributed by atoms with Crippen molar-refractivity contribution >= 4 is 16.6 Å². The van der Waals surface area contributed by atoms with Crippen molar-refractivity contribution in [1.29, 1.82) is 0 Å². The van der Waals surface area contributed by atoms with Crippen LogP contribution in [0.2, 0.25) is 0 Å². The lowest BCUT2D eigenvalue weighted by Gasteiger charge is -2.14. The predicted octanol–water partition coefficient (Wildman–Crippen LogP) is 1.79. The smallest absolute Gasteiger partial charge is 0.330 e. The Hall–Kier alpha value is -3.20. The molecule has 1 fully saturated rings. The highest BCUT2D eigenvalue weighted by atomic mass is 16.6. The van der Waals surface area contributed by atoms with Crippen molar-refractivity contribution in [3.63, 3.8) is 0 Å². The first kappa shape index (κ1) is 18.2. The number of aryl methyl sites for hydroxylation is 1. The van der Waals surface area contributed by atoms with Crippen LogP contribution in [0.5, 0.6) is 0 Å². The maximum atomic E-state index is 12.9. The van der Waals surface area contributed by atoms with E-state index >= 15 is 0 Å². The van der Waals surface area contributed by atoms with E-state index in [1.807, 2.05) is 4.57 Å². The van der Waals surface area contributed by atoms with E-state index < -0.39 is 16.2 Å². The zero-order valence-electron chi connectivity index (χ0n) is 15.6. The van der Waals surface area contributed by atoms with Crippen LogP contribution < -0.4 is 11.2 Å². The van der Waals surface area contributed by atoms with E-state index in [2.05, 4.69) is 0 Å². The summed E-state index contributed by atoms with van der Waals surface area (Å²) >= 11 is 0. The second kappa shape index (κ2) is 6.75. The Morgan fingerprint density at radius 3 is 2.71 bits per heavy atom. The summed E-state index contributed by atoms with van der Waals surface area (Å²) in [6.45, 7) is 1.20. The molecule has 1 aromatic carbocycles. The number of nitrogens with zero attached hydrogens (tertiary/aromatic N) is 4. The Balaban J connectivity index is 2.03. The highest BCUT2D eigenvalue weighted by Gasteiger charge is 2.23. The van der Waals surface area contributed by atoms with Crippen LogP contribution >= 0.6 is 0 Å². The van der Waals surface area contributed by atoms with Crippen LogP contribution in [0.15, 0.2) is 40.1 Å². The van der Waals surface area contributed by atoms with Gasteiger partial charge in [-0.05, 0) is 12.8 Å². The number of fused-ring (bicyclic) bond motifs is 1. The Morgan fingerprint density at radius 2 is 2.04 bits per heavy atom. The molecule has 2 aromatic heterocycles. The van der Waals surface area contributed by atoms with Crippen molar-refractivity contribution in [1.82, 2.24) is 13.7 Å². The Morgan fingerprint density at radius 1 is 1.25 bits per heavy atom. The minimum atomic E-state index is -0.465. The van der Waals surface area contributed by atoms with Crippen molar-refractivity contribution in [2.75, 3.05) is 6.61 Å². The van der Waals surface area contributed by atoms with Gasteiger partial charge in [-0.15, -0.1) is 0 Å². The molecule has 1 unspecified atom stereocenters. The fraction of sp³-hybridized carbons (Fsp3) is 0.368. The van der Waals surface area contributed by atoms with Gasteiger partial charge in [-0.2, -0.15) is 0 Å². The average Bonchev–Trinajstić information content (AvgIpc) is 3.33. The maximum absolute atomic E-state index is 12.9. The van der Waals surface area contributed by atoms with E-state index in [0.717, 1.165) is 17.4 Å². The van der Waals surface area contributed by atoms with Crippen LogP contribution in [0.3, 0.4) is 0 Å². The van der Waals surface area contributed by atoms with E-state index in [4.69, 9.17) is 4.74 Å².